The predicted octanol–water partition coefficient (Wildman–Crippen LogP) is 3.88. The molecule has 1 amide bonds. The number of aromatic amines is 1. The van der Waals surface area contributed by atoms with Gasteiger partial charge in [0.05, 0.1) is 17.8 Å². The van der Waals surface area contributed by atoms with E-state index in [0.29, 0.717) is 46.1 Å². The highest BCUT2D eigenvalue weighted by Gasteiger charge is 2.26. The first-order valence-electron chi connectivity index (χ1n) is 12.9. The molecule has 0 aliphatic carbocycles. The minimum atomic E-state index is -0.437. The van der Waals surface area contributed by atoms with Gasteiger partial charge in [0.15, 0.2) is 5.65 Å². The van der Waals surface area contributed by atoms with Crippen molar-refractivity contribution in [2.75, 3.05) is 0 Å². The van der Waals surface area contributed by atoms with Gasteiger partial charge in [0, 0.05) is 55.0 Å². The van der Waals surface area contributed by atoms with Crippen molar-refractivity contribution in [3.8, 4) is 11.4 Å². The first-order chi connectivity index (χ1) is 18.5. The van der Waals surface area contributed by atoms with Crippen LogP contribution in [0.15, 0.2) is 46.2 Å². The summed E-state index contributed by atoms with van der Waals surface area (Å²) in [7, 11) is 3.31. The fraction of sp³-hybridized carbons (Fsp3) is 0.357. The van der Waals surface area contributed by atoms with Gasteiger partial charge in [-0.3, -0.25) is 23.4 Å². The maximum absolute atomic E-state index is 13.6. The molecule has 4 heterocycles. The largest absolute Gasteiger partial charge is 0.361 e. The van der Waals surface area contributed by atoms with Crippen LogP contribution in [0, 0.1) is 5.92 Å². The summed E-state index contributed by atoms with van der Waals surface area (Å²) < 4.78 is 6.24. The van der Waals surface area contributed by atoms with Gasteiger partial charge in [0.2, 0.25) is 0 Å². The van der Waals surface area contributed by atoms with Gasteiger partial charge in [-0.05, 0) is 49.6 Å². The molecule has 5 rings (SSSR count). The molecule has 0 bridgehead atoms. The molecule has 0 fully saturated rings. The Labute approximate surface area is 229 Å². The normalized spacial score (nSPS) is 11.9. The third-order valence-corrected chi connectivity index (χ3v) is 6.99. The van der Waals surface area contributed by atoms with Crippen molar-refractivity contribution in [1.82, 2.24) is 33.8 Å². The lowest BCUT2D eigenvalue weighted by Gasteiger charge is -2.11. The summed E-state index contributed by atoms with van der Waals surface area (Å²) in [5.74, 6) is -0.0627. The molecule has 11 heteroatoms. The summed E-state index contributed by atoms with van der Waals surface area (Å²) in [5.41, 5.74) is 2.94. The van der Waals surface area contributed by atoms with Crippen LogP contribution in [0.5, 0.6) is 0 Å². The summed E-state index contributed by atoms with van der Waals surface area (Å²) in [4.78, 5) is 42.9. The molecule has 1 aromatic carbocycles. The second kappa shape index (κ2) is 9.92. The molecule has 204 valence electrons. The zero-order valence-electron chi connectivity index (χ0n) is 22.9. The van der Waals surface area contributed by atoms with Gasteiger partial charge in [-0.2, -0.15) is 5.10 Å². The number of hydrogen-bond donors (Lipinski definition) is 2. The standard InChI is InChI=1S/C28H32ClN7O3/c1-15(2)12-35-25-23(27(38)34(6)28(35)39)24(22-9-17(13-33(22)5)26(37)31-16(3)4)36(32-25)14-18-11-30-21-8-7-19(29)10-20(18)21/h7-11,13,15-16,30H,12,14H2,1-6H3,(H,31,37). The van der Waals surface area contributed by atoms with E-state index in [2.05, 4.69) is 10.3 Å². The maximum atomic E-state index is 13.6. The van der Waals surface area contributed by atoms with Crippen molar-refractivity contribution in [2.45, 2.75) is 46.8 Å². The van der Waals surface area contributed by atoms with Crippen LogP contribution < -0.4 is 16.6 Å². The number of aromatic nitrogens is 6. The monoisotopic (exact) mass is 549 g/mol. The number of rotatable bonds is 7. The van der Waals surface area contributed by atoms with Crippen molar-refractivity contribution in [1.29, 1.82) is 0 Å². The number of hydrogen-bond acceptors (Lipinski definition) is 4. The summed E-state index contributed by atoms with van der Waals surface area (Å²) in [5, 5.41) is 9.64. The van der Waals surface area contributed by atoms with E-state index >= 15 is 0 Å². The van der Waals surface area contributed by atoms with Gasteiger partial charge >= 0.3 is 5.69 Å². The topological polar surface area (TPSA) is 112 Å². The Hall–Kier alpha value is -4.05. The molecule has 0 atom stereocenters. The van der Waals surface area contributed by atoms with Crippen LogP contribution in [0.3, 0.4) is 0 Å². The SMILES string of the molecule is CC(C)Cn1c(=O)n(C)c(=O)c2c(-c3cc(C(=O)NC(C)C)cn3C)n(Cc3c[nH]c4ccc(Cl)cc34)nc21. The fourth-order valence-corrected chi connectivity index (χ4v) is 5.15. The molecule has 0 aliphatic rings. The lowest BCUT2D eigenvalue weighted by atomic mass is 10.1. The number of fused-ring (bicyclic) bond motifs is 2. The number of aryl methyl sites for hydroxylation is 1. The van der Waals surface area contributed by atoms with E-state index in [4.69, 9.17) is 16.7 Å². The Morgan fingerprint density at radius 1 is 1.13 bits per heavy atom. The van der Waals surface area contributed by atoms with E-state index in [9.17, 15) is 14.4 Å². The van der Waals surface area contributed by atoms with Crippen LogP contribution >= 0.6 is 11.6 Å². The van der Waals surface area contributed by atoms with E-state index in [1.807, 2.05) is 63.7 Å². The van der Waals surface area contributed by atoms with Gasteiger partial charge < -0.3 is 14.9 Å². The Morgan fingerprint density at radius 2 is 1.87 bits per heavy atom. The van der Waals surface area contributed by atoms with Crippen molar-refractivity contribution in [2.24, 2.45) is 20.0 Å². The van der Waals surface area contributed by atoms with Gasteiger partial charge in [-0.1, -0.05) is 25.4 Å². The lowest BCUT2D eigenvalue weighted by molar-refractivity contribution is 0.0943. The molecule has 5 aromatic rings. The fourth-order valence-electron chi connectivity index (χ4n) is 4.98. The first kappa shape index (κ1) is 26.6. The van der Waals surface area contributed by atoms with Crippen molar-refractivity contribution < 1.29 is 4.79 Å². The molecular formula is C28H32ClN7O3. The number of carbonyl (C=O) groups excluding carboxylic acids is 1. The molecule has 4 aromatic heterocycles. The second-order valence-electron chi connectivity index (χ2n) is 10.7. The number of carbonyl (C=O) groups is 1. The maximum Gasteiger partial charge on any atom is 0.332 e. The Morgan fingerprint density at radius 3 is 2.56 bits per heavy atom. The lowest BCUT2D eigenvalue weighted by Crippen LogP contribution is -2.38. The third-order valence-electron chi connectivity index (χ3n) is 6.75. The van der Waals surface area contributed by atoms with Crippen LogP contribution in [0.4, 0.5) is 0 Å². The molecule has 2 N–H and O–H groups in total. The molecule has 10 nitrogen and oxygen atoms in total. The number of benzene rings is 1. The summed E-state index contributed by atoms with van der Waals surface area (Å²) in [6.45, 7) is 8.52. The van der Waals surface area contributed by atoms with Crippen molar-refractivity contribution in [3.63, 3.8) is 0 Å². The third kappa shape index (κ3) is 4.69. The highest BCUT2D eigenvalue weighted by molar-refractivity contribution is 6.31. The van der Waals surface area contributed by atoms with Gasteiger partial charge in [0.25, 0.3) is 11.5 Å². The van der Waals surface area contributed by atoms with E-state index < -0.39 is 11.2 Å². The molecule has 0 spiro atoms. The summed E-state index contributed by atoms with van der Waals surface area (Å²) >= 11 is 6.30. The summed E-state index contributed by atoms with van der Waals surface area (Å²) in [6.07, 6.45) is 3.62. The molecule has 39 heavy (non-hydrogen) atoms. The smallest absolute Gasteiger partial charge is 0.332 e. The van der Waals surface area contributed by atoms with Crippen LogP contribution in [-0.2, 0) is 27.2 Å². The molecule has 0 radical (unpaired) electrons. The zero-order chi connectivity index (χ0) is 28.2. The van der Waals surface area contributed by atoms with E-state index in [1.54, 1.807) is 21.5 Å². The van der Waals surface area contributed by atoms with Crippen LogP contribution in [0.2, 0.25) is 5.02 Å². The van der Waals surface area contributed by atoms with Gasteiger partial charge in [-0.15, -0.1) is 0 Å². The van der Waals surface area contributed by atoms with E-state index in [0.717, 1.165) is 21.0 Å². The molecular weight excluding hydrogens is 518 g/mol. The average molecular weight is 550 g/mol. The Balaban J connectivity index is 1.80. The molecule has 0 aliphatic heterocycles. The predicted molar refractivity (Wildman–Crippen MR) is 153 cm³/mol. The van der Waals surface area contributed by atoms with Crippen LogP contribution in [-0.4, -0.2) is 40.4 Å². The highest BCUT2D eigenvalue weighted by Crippen LogP contribution is 2.30. The molecule has 0 saturated heterocycles. The van der Waals surface area contributed by atoms with Crippen molar-refractivity contribution >= 4 is 39.4 Å². The number of halogens is 1. The minimum absolute atomic E-state index is 0.0287. The quantitative estimate of drug-likeness (QED) is 0.321. The number of H-pyrrole nitrogens is 1. The Bertz CT molecular complexity index is 1850. The van der Waals surface area contributed by atoms with Gasteiger partial charge in [0.1, 0.15) is 11.1 Å². The van der Waals surface area contributed by atoms with Gasteiger partial charge in [-0.25, -0.2) is 4.79 Å². The first-order valence-corrected chi connectivity index (χ1v) is 13.3. The summed E-state index contributed by atoms with van der Waals surface area (Å²) in [6, 6.07) is 7.34. The second-order valence-corrected chi connectivity index (χ2v) is 11.1. The molecule has 0 saturated carbocycles. The highest BCUT2D eigenvalue weighted by atomic mass is 35.5. The average Bonchev–Trinajstić information content (AvgIpc) is 3.55. The minimum Gasteiger partial charge on any atom is -0.361 e. The number of amides is 1. The van der Waals surface area contributed by atoms with Crippen molar-refractivity contribution in [3.05, 3.63) is 73.6 Å². The number of nitrogens with one attached hydrogen (secondary N) is 2. The Kier molecular flexibility index (Phi) is 6.76. The number of nitrogens with zero attached hydrogens (tertiary/aromatic N) is 5. The van der Waals surface area contributed by atoms with E-state index in [1.165, 1.54) is 7.05 Å². The van der Waals surface area contributed by atoms with Crippen LogP contribution in [0.1, 0.15) is 43.6 Å². The molecule has 0 unspecified atom stereocenters. The zero-order valence-corrected chi connectivity index (χ0v) is 23.6. The van der Waals surface area contributed by atoms with E-state index in [-0.39, 0.29) is 17.9 Å². The van der Waals surface area contributed by atoms with Crippen LogP contribution in [0.25, 0.3) is 33.3 Å².